The molecule has 1 atom stereocenters. The van der Waals surface area contributed by atoms with Crippen molar-refractivity contribution < 1.29 is 9.47 Å². The van der Waals surface area contributed by atoms with Crippen molar-refractivity contribution in [3.8, 4) is 0 Å². The second kappa shape index (κ2) is 5.49. The lowest BCUT2D eigenvalue weighted by molar-refractivity contribution is -0.137. The second-order valence-electron chi connectivity index (χ2n) is 4.09. The SMILES string of the molecule is C=CCCCNCC1COC(C)(C)O1. The number of allylic oxidation sites excluding steroid dienone is 1. The van der Waals surface area contributed by atoms with Crippen LogP contribution >= 0.6 is 0 Å². The Morgan fingerprint density at radius 3 is 2.93 bits per heavy atom. The molecule has 0 aromatic heterocycles. The van der Waals surface area contributed by atoms with E-state index in [0.29, 0.717) is 6.61 Å². The van der Waals surface area contributed by atoms with E-state index in [-0.39, 0.29) is 6.10 Å². The molecule has 1 heterocycles. The average Bonchev–Trinajstić information content (AvgIpc) is 2.45. The van der Waals surface area contributed by atoms with Crippen LogP contribution in [0.25, 0.3) is 0 Å². The molecule has 1 unspecified atom stereocenters. The molecule has 3 nitrogen and oxygen atoms in total. The molecule has 0 spiro atoms. The van der Waals surface area contributed by atoms with Gasteiger partial charge in [0.05, 0.1) is 12.7 Å². The average molecular weight is 199 g/mol. The summed E-state index contributed by atoms with van der Waals surface area (Å²) < 4.78 is 11.1. The van der Waals surface area contributed by atoms with Crippen LogP contribution in [0, 0.1) is 0 Å². The van der Waals surface area contributed by atoms with Gasteiger partial charge in [0.2, 0.25) is 0 Å². The molecule has 0 aliphatic carbocycles. The van der Waals surface area contributed by atoms with Crippen molar-refractivity contribution in [2.24, 2.45) is 0 Å². The number of hydrogen-bond acceptors (Lipinski definition) is 3. The monoisotopic (exact) mass is 199 g/mol. The van der Waals surface area contributed by atoms with Crippen molar-refractivity contribution in [1.29, 1.82) is 0 Å². The van der Waals surface area contributed by atoms with Gasteiger partial charge in [0.1, 0.15) is 0 Å². The van der Waals surface area contributed by atoms with Gasteiger partial charge in [-0.2, -0.15) is 0 Å². The van der Waals surface area contributed by atoms with Crippen molar-refractivity contribution >= 4 is 0 Å². The summed E-state index contributed by atoms with van der Waals surface area (Å²) in [7, 11) is 0. The van der Waals surface area contributed by atoms with Crippen molar-refractivity contribution in [1.82, 2.24) is 5.32 Å². The van der Waals surface area contributed by atoms with Crippen molar-refractivity contribution in [2.45, 2.75) is 38.6 Å². The van der Waals surface area contributed by atoms with E-state index in [1.807, 2.05) is 19.9 Å². The molecule has 1 aliphatic rings. The first kappa shape index (κ1) is 11.7. The van der Waals surface area contributed by atoms with E-state index < -0.39 is 5.79 Å². The zero-order valence-electron chi connectivity index (χ0n) is 9.21. The van der Waals surface area contributed by atoms with Crippen LogP contribution in [0.3, 0.4) is 0 Å². The first-order chi connectivity index (χ1) is 6.64. The third-order valence-electron chi connectivity index (χ3n) is 2.20. The highest BCUT2D eigenvalue weighted by molar-refractivity contribution is 4.73. The van der Waals surface area contributed by atoms with Gasteiger partial charge in [0.25, 0.3) is 0 Å². The number of hydrogen-bond donors (Lipinski definition) is 1. The van der Waals surface area contributed by atoms with Crippen molar-refractivity contribution in [3.05, 3.63) is 12.7 Å². The number of rotatable bonds is 6. The molecule has 0 radical (unpaired) electrons. The molecular weight excluding hydrogens is 178 g/mol. The summed E-state index contributed by atoms with van der Waals surface area (Å²) in [4.78, 5) is 0. The molecule has 1 saturated heterocycles. The Labute approximate surface area is 86.5 Å². The molecule has 0 bridgehead atoms. The van der Waals surface area contributed by atoms with E-state index in [4.69, 9.17) is 9.47 Å². The quantitative estimate of drug-likeness (QED) is 0.521. The fraction of sp³-hybridized carbons (Fsp3) is 0.818. The molecule has 14 heavy (non-hydrogen) atoms. The third kappa shape index (κ3) is 4.22. The number of nitrogens with one attached hydrogen (secondary N) is 1. The van der Waals surface area contributed by atoms with Crippen molar-refractivity contribution in [2.75, 3.05) is 19.7 Å². The first-order valence-electron chi connectivity index (χ1n) is 5.27. The zero-order chi connectivity index (χ0) is 10.4. The largest absolute Gasteiger partial charge is 0.348 e. The summed E-state index contributed by atoms with van der Waals surface area (Å²) in [6.45, 7) is 10.2. The third-order valence-corrected chi connectivity index (χ3v) is 2.20. The molecule has 0 amide bonds. The predicted octanol–water partition coefficient (Wildman–Crippen LogP) is 1.69. The van der Waals surface area contributed by atoms with Crippen LogP contribution in [-0.4, -0.2) is 31.6 Å². The van der Waals surface area contributed by atoms with Crippen LogP contribution in [-0.2, 0) is 9.47 Å². The van der Waals surface area contributed by atoms with Gasteiger partial charge >= 0.3 is 0 Å². The van der Waals surface area contributed by atoms with Gasteiger partial charge in [-0.25, -0.2) is 0 Å². The standard InChI is InChI=1S/C11H21NO2/c1-4-5-6-7-12-8-10-9-13-11(2,3)14-10/h4,10,12H,1,5-9H2,2-3H3. The second-order valence-corrected chi connectivity index (χ2v) is 4.09. The summed E-state index contributed by atoms with van der Waals surface area (Å²) in [6.07, 6.45) is 4.36. The number of unbranched alkanes of at least 4 members (excludes halogenated alkanes) is 1. The lowest BCUT2D eigenvalue weighted by Crippen LogP contribution is -2.31. The highest BCUT2D eigenvalue weighted by Crippen LogP contribution is 2.21. The normalized spacial score (nSPS) is 25.1. The summed E-state index contributed by atoms with van der Waals surface area (Å²) in [5.74, 6) is -0.395. The molecular formula is C11H21NO2. The lowest BCUT2D eigenvalue weighted by atomic mass is 10.3. The zero-order valence-corrected chi connectivity index (χ0v) is 9.21. The molecule has 0 aromatic carbocycles. The Morgan fingerprint density at radius 1 is 1.57 bits per heavy atom. The number of ether oxygens (including phenoxy) is 2. The lowest BCUT2D eigenvalue weighted by Gasteiger charge is -2.17. The fourth-order valence-electron chi connectivity index (χ4n) is 1.50. The first-order valence-corrected chi connectivity index (χ1v) is 5.27. The Hall–Kier alpha value is -0.380. The van der Waals surface area contributed by atoms with Crippen LogP contribution in [0.1, 0.15) is 26.7 Å². The van der Waals surface area contributed by atoms with E-state index in [0.717, 1.165) is 25.9 Å². The van der Waals surface area contributed by atoms with Gasteiger partial charge in [0, 0.05) is 6.54 Å². The van der Waals surface area contributed by atoms with E-state index in [1.54, 1.807) is 0 Å². The molecule has 3 heteroatoms. The maximum Gasteiger partial charge on any atom is 0.163 e. The highest BCUT2D eigenvalue weighted by Gasteiger charge is 2.31. The van der Waals surface area contributed by atoms with Gasteiger partial charge < -0.3 is 14.8 Å². The minimum absolute atomic E-state index is 0.203. The van der Waals surface area contributed by atoms with Crippen LogP contribution in [0.2, 0.25) is 0 Å². The molecule has 1 aliphatic heterocycles. The van der Waals surface area contributed by atoms with Gasteiger partial charge in [0.15, 0.2) is 5.79 Å². The molecule has 0 saturated carbocycles. The van der Waals surface area contributed by atoms with Crippen LogP contribution in [0.4, 0.5) is 0 Å². The molecule has 1 fully saturated rings. The Morgan fingerprint density at radius 2 is 2.36 bits per heavy atom. The van der Waals surface area contributed by atoms with Gasteiger partial charge in [-0.05, 0) is 33.2 Å². The van der Waals surface area contributed by atoms with Crippen LogP contribution in [0.5, 0.6) is 0 Å². The highest BCUT2D eigenvalue weighted by atomic mass is 16.7. The van der Waals surface area contributed by atoms with E-state index in [1.165, 1.54) is 0 Å². The minimum atomic E-state index is -0.395. The molecule has 82 valence electrons. The summed E-state index contributed by atoms with van der Waals surface area (Å²) in [5, 5.41) is 3.35. The Kier molecular flexibility index (Phi) is 4.58. The van der Waals surface area contributed by atoms with E-state index in [2.05, 4.69) is 11.9 Å². The topological polar surface area (TPSA) is 30.5 Å². The maximum absolute atomic E-state index is 5.65. The van der Waals surface area contributed by atoms with Gasteiger partial charge in [-0.3, -0.25) is 0 Å². The van der Waals surface area contributed by atoms with Crippen LogP contribution < -0.4 is 5.32 Å². The van der Waals surface area contributed by atoms with E-state index in [9.17, 15) is 0 Å². The molecule has 0 aromatic rings. The van der Waals surface area contributed by atoms with Crippen LogP contribution in [0.15, 0.2) is 12.7 Å². The summed E-state index contributed by atoms with van der Waals surface area (Å²) in [6, 6.07) is 0. The van der Waals surface area contributed by atoms with Gasteiger partial charge in [-0.15, -0.1) is 6.58 Å². The van der Waals surface area contributed by atoms with Crippen molar-refractivity contribution in [3.63, 3.8) is 0 Å². The Balaban J connectivity index is 2.00. The van der Waals surface area contributed by atoms with E-state index >= 15 is 0 Å². The molecule has 1 N–H and O–H groups in total. The maximum atomic E-state index is 5.65. The smallest absolute Gasteiger partial charge is 0.163 e. The summed E-state index contributed by atoms with van der Waals surface area (Å²) >= 11 is 0. The Bertz CT molecular complexity index is 180. The fourth-order valence-corrected chi connectivity index (χ4v) is 1.50. The molecule has 1 rings (SSSR count). The summed E-state index contributed by atoms with van der Waals surface area (Å²) in [5.41, 5.74) is 0. The minimum Gasteiger partial charge on any atom is -0.348 e. The predicted molar refractivity (Wildman–Crippen MR) is 57.2 cm³/mol. The van der Waals surface area contributed by atoms with Gasteiger partial charge in [-0.1, -0.05) is 6.08 Å².